The Bertz CT molecular complexity index is 1370. The van der Waals surface area contributed by atoms with Gasteiger partial charge in [-0.3, -0.25) is 23.9 Å². The van der Waals surface area contributed by atoms with E-state index in [1.165, 1.54) is 36.4 Å². The van der Waals surface area contributed by atoms with Crippen molar-refractivity contribution < 1.29 is 34.4 Å². The summed E-state index contributed by atoms with van der Waals surface area (Å²) >= 11 is 5.52. The summed E-state index contributed by atoms with van der Waals surface area (Å²) < 4.78 is 12.4. The lowest BCUT2D eigenvalue weighted by atomic mass is 9.70. The molecule has 3 rings (SSSR count). The van der Waals surface area contributed by atoms with Gasteiger partial charge in [-0.2, -0.15) is 0 Å². The number of carbonyl (C=O) groups excluding carboxylic acids is 2. The van der Waals surface area contributed by atoms with Crippen LogP contribution in [0.2, 0.25) is 0 Å². The monoisotopic (exact) mass is 803 g/mol. The summed E-state index contributed by atoms with van der Waals surface area (Å²) in [5.74, 6) is 0.987. The number of H-pyrrole nitrogens is 1. The van der Waals surface area contributed by atoms with Crippen LogP contribution in [-0.2, 0) is 24.5 Å². The van der Waals surface area contributed by atoms with E-state index in [4.69, 9.17) is 21.1 Å². The van der Waals surface area contributed by atoms with Crippen LogP contribution in [0, 0.1) is 17.8 Å². The molecule has 2 unspecified atom stereocenters. The smallest absolute Gasteiger partial charge is 0.330 e. The lowest BCUT2D eigenvalue weighted by molar-refractivity contribution is -0.132. The maximum Gasteiger partial charge on any atom is 0.330 e. The highest BCUT2D eigenvalue weighted by molar-refractivity contribution is 6.17. The number of halogens is 1. The second-order valence-corrected chi connectivity index (χ2v) is 16.5. The lowest BCUT2D eigenvalue weighted by Gasteiger charge is -2.43. The molecule has 0 radical (unpaired) electrons. The van der Waals surface area contributed by atoms with Crippen LogP contribution in [0.3, 0.4) is 0 Å². The number of ether oxygens (including phenoxy) is 2. The Morgan fingerprint density at radius 3 is 2.05 bits per heavy atom. The minimum atomic E-state index is -0.953. The third-order valence-corrected chi connectivity index (χ3v) is 10.8. The number of aromatic amines is 1. The average Bonchev–Trinajstić information content (AvgIpc) is 3.53. The van der Waals surface area contributed by atoms with Gasteiger partial charge in [0.2, 0.25) is 11.8 Å². The molecule has 2 amide bonds. The number of carbonyl (C=O) groups is 2. The summed E-state index contributed by atoms with van der Waals surface area (Å²) in [6.45, 7) is 25.4. The summed E-state index contributed by atoms with van der Waals surface area (Å²) in [7, 11) is 0. The van der Waals surface area contributed by atoms with Crippen molar-refractivity contribution in [1.29, 1.82) is 0 Å². The molecule has 2 heterocycles. The minimum absolute atomic E-state index is 0.0702. The van der Waals surface area contributed by atoms with Gasteiger partial charge in [-0.05, 0) is 65.7 Å². The zero-order valence-electron chi connectivity index (χ0n) is 35.5. The number of hydrogen-bond donors (Lipinski definition) is 6. The van der Waals surface area contributed by atoms with Gasteiger partial charge in [-0.1, -0.05) is 60.8 Å². The number of aliphatic hydroxyl groups is 3. The Hall–Kier alpha value is -2.55. The van der Waals surface area contributed by atoms with E-state index in [0.29, 0.717) is 38.8 Å². The van der Waals surface area contributed by atoms with E-state index < -0.39 is 52.8 Å². The molecule has 1 aromatic rings. The maximum absolute atomic E-state index is 13.4. The molecule has 0 spiro atoms. The average molecular weight is 804 g/mol. The molecular formula is C41H75ClN4O9. The summed E-state index contributed by atoms with van der Waals surface area (Å²) in [4.78, 5) is 53.9. The van der Waals surface area contributed by atoms with E-state index in [2.05, 4.69) is 42.6 Å². The molecule has 2 aliphatic rings. The van der Waals surface area contributed by atoms with Crippen molar-refractivity contribution >= 4 is 23.4 Å². The number of hydrogen-bond acceptors (Lipinski definition) is 9. The molecule has 1 aromatic heterocycles. The lowest BCUT2D eigenvalue weighted by Crippen LogP contribution is -2.59. The van der Waals surface area contributed by atoms with Crippen molar-refractivity contribution in [2.24, 2.45) is 17.8 Å². The minimum Gasteiger partial charge on any atom is -0.394 e. The van der Waals surface area contributed by atoms with E-state index in [9.17, 15) is 34.5 Å². The van der Waals surface area contributed by atoms with Gasteiger partial charge in [0.1, 0.15) is 12.3 Å². The molecule has 14 heteroatoms. The first-order valence-corrected chi connectivity index (χ1v) is 20.5. The predicted octanol–water partition coefficient (Wildman–Crippen LogP) is 5.33. The largest absolute Gasteiger partial charge is 0.394 e. The third-order valence-electron chi connectivity index (χ3n) is 10.5. The van der Waals surface area contributed by atoms with Crippen LogP contribution in [0.4, 0.5) is 0 Å². The summed E-state index contributed by atoms with van der Waals surface area (Å²) in [6.07, 6.45) is 6.29. The van der Waals surface area contributed by atoms with Gasteiger partial charge in [-0.15, -0.1) is 24.8 Å². The van der Waals surface area contributed by atoms with Crippen molar-refractivity contribution in [3.8, 4) is 0 Å². The number of nitrogens with one attached hydrogen (secondary N) is 3. The highest BCUT2D eigenvalue weighted by atomic mass is 35.5. The number of unbranched alkanes of at least 4 members (excludes halogenated alkanes) is 2. The van der Waals surface area contributed by atoms with Gasteiger partial charge >= 0.3 is 5.69 Å². The molecule has 6 N–H and O–H groups in total. The normalized spacial score (nSPS) is 21.3. The van der Waals surface area contributed by atoms with Gasteiger partial charge in [0.25, 0.3) is 5.56 Å². The van der Waals surface area contributed by atoms with E-state index >= 15 is 0 Å². The number of aromatic nitrogens is 2. The van der Waals surface area contributed by atoms with Crippen molar-refractivity contribution in [2.75, 3.05) is 32.2 Å². The van der Waals surface area contributed by atoms with Crippen LogP contribution in [-0.4, -0.2) is 92.3 Å². The molecule has 1 aliphatic carbocycles. The Labute approximate surface area is 335 Å². The molecule has 2 fully saturated rings. The number of aliphatic hydroxyl groups excluding tert-OH is 3. The molecule has 3 atom stereocenters. The molecule has 1 aliphatic heterocycles. The SMILES string of the molecule is C=C.CC.CC(C)(CO)OCCNC(=O)C1CCC(C(=O)NC(C)(C)C(C)(C)c2cn([C@H]3CC(O)C(CO)O3)c(=O)[nH]c2=O)CC1.CC(C)CCCCCCl. The molecular weight excluding hydrogens is 728 g/mol. The fourth-order valence-corrected chi connectivity index (χ4v) is 6.42. The van der Waals surface area contributed by atoms with Gasteiger partial charge in [-0.25, -0.2) is 4.79 Å². The molecule has 0 bridgehead atoms. The first-order valence-electron chi connectivity index (χ1n) is 20.0. The first kappa shape index (κ1) is 52.5. The number of nitrogens with zero attached hydrogens (tertiary/aromatic N) is 1. The van der Waals surface area contributed by atoms with Crippen LogP contribution in [0.25, 0.3) is 0 Å². The molecule has 1 saturated heterocycles. The zero-order valence-corrected chi connectivity index (χ0v) is 36.2. The fourth-order valence-electron chi connectivity index (χ4n) is 6.23. The Morgan fingerprint density at radius 2 is 1.56 bits per heavy atom. The number of amides is 2. The quantitative estimate of drug-likeness (QED) is 0.0687. The Morgan fingerprint density at radius 1 is 1.00 bits per heavy atom. The van der Waals surface area contributed by atoms with Crippen molar-refractivity contribution in [1.82, 2.24) is 20.2 Å². The maximum atomic E-state index is 13.4. The predicted molar refractivity (Wildman–Crippen MR) is 220 cm³/mol. The molecule has 13 nitrogen and oxygen atoms in total. The van der Waals surface area contributed by atoms with Crippen LogP contribution >= 0.6 is 11.6 Å². The standard InChI is InChI=1S/C29H48N4O9.C8H17Cl.C2H6.C2H4/c1-27(2,16-35)41-12-11-30-23(37)17-7-9-18(10-8-17)24(38)32-29(5,6)28(3,4)19-14-33(26(40)31-25(19)39)22-13-20(36)21(15-34)42-22;1-8(2)6-4-3-5-7-9;2*1-2/h14,17-18,20-22,34-36H,7-13,15-16H2,1-6H3,(H,30,37)(H,32,38)(H,31,39,40);8H,3-7H2,1-2H3;1-2H3;1-2H2/t17?,18?,20?,21?,22-;;;/m1.../s1. The van der Waals surface area contributed by atoms with E-state index in [1.54, 1.807) is 27.7 Å². The topological polar surface area (TPSA) is 192 Å². The van der Waals surface area contributed by atoms with Gasteiger partial charge < -0.3 is 35.4 Å². The highest BCUT2D eigenvalue weighted by Gasteiger charge is 2.44. The highest BCUT2D eigenvalue weighted by Crippen LogP contribution is 2.36. The van der Waals surface area contributed by atoms with E-state index in [1.807, 2.05) is 27.7 Å². The number of alkyl halides is 1. The second kappa shape index (κ2) is 25.7. The van der Waals surface area contributed by atoms with E-state index in [-0.39, 0.29) is 42.2 Å². The van der Waals surface area contributed by atoms with Gasteiger partial charge in [0, 0.05) is 53.4 Å². The Kier molecular flexibility index (Phi) is 24.5. The van der Waals surface area contributed by atoms with Gasteiger partial charge in [0.15, 0.2) is 0 Å². The van der Waals surface area contributed by atoms with Crippen LogP contribution < -0.4 is 21.9 Å². The van der Waals surface area contributed by atoms with Crippen LogP contribution in [0.15, 0.2) is 28.9 Å². The number of rotatable bonds is 17. The van der Waals surface area contributed by atoms with E-state index in [0.717, 1.165) is 11.8 Å². The summed E-state index contributed by atoms with van der Waals surface area (Å²) in [5.41, 5.74) is -3.55. The third kappa shape index (κ3) is 16.8. The van der Waals surface area contributed by atoms with Crippen molar-refractivity contribution in [3.63, 3.8) is 0 Å². The molecule has 0 aromatic carbocycles. The van der Waals surface area contributed by atoms with Crippen LogP contribution in [0.5, 0.6) is 0 Å². The second-order valence-electron chi connectivity index (χ2n) is 16.1. The fraction of sp³-hybridized carbons (Fsp3) is 0.805. The molecule has 55 heavy (non-hydrogen) atoms. The first-order chi connectivity index (χ1) is 25.8. The molecule has 320 valence electrons. The van der Waals surface area contributed by atoms with Crippen molar-refractivity contribution in [3.05, 3.63) is 45.8 Å². The van der Waals surface area contributed by atoms with Crippen molar-refractivity contribution in [2.45, 2.75) is 162 Å². The Balaban J connectivity index is 0.00000194. The van der Waals surface area contributed by atoms with Crippen LogP contribution in [0.1, 0.15) is 139 Å². The summed E-state index contributed by atoms with van der Waals surface area (Å²) in [6, 6.07) is 0. The zero-order chi connectivity index (χ0) is 42.6. The van der Waals surface area contributed by atoms with Gasteiger partial charge in [0.05, 0.1) is 31.5 Å². The summed E-state index contributed by atoms with van der Waals surface area (Å²) in [5, 5.41) is 34.8. The molecule has 1 saturated carbocycles.